The van der Waals surface area contributed by atoms with Gasteiger partial charge in [0.05, 0.1) is 0 Å². The normalized spacial score (nSPS) is 30.2. The Bertz CT molecular complexity index is 152. The summed E-state index contributed by atoms with van der Waals surface area (Å²) >= 11 is 4.37. The first kappa shape index (κ1) is 12.7. The summed E-state index contributed by atoms with van der Waals surface area (Å²) in [7, 11) is 2.12. The maximum Gasteiger partial charge on any atom is 0.0320 e. The largest absolute Gasteiger partial charge is 0.316 e. The van der Waals surface area contributed by atoms with Crippen LogP contribution in [0.3, 0.4) is 0 Å². The average Bonchev–Trinajstić information content (AvgIpc) is 2.26. The van der Waals surface area contributed by atoms with Gasteiger partial charge in [-0.2, -0.15) is 23.5 Å². The van der Waals surface area contributed by atoms with Gasteiger partial charge in [-0.05, 0) is 19.9 Å². The average molecular weight is 233 g/mol. The Labute approximate surface area is 97.2 Å². The Morgan fingerprint density at radius 2 is 2.00 bits per heavy atom. The number of hydrogen-bond donors (Lipinski definition) is 1. The summed E-state index contributed by atoms with van der Waals surface area (Å²) in [4.78, 5) is 0. The lowest BCUT2D eigenvalue weighted by Gasteiger charge is -2.35. The predicted molar refractivity (Wildman–Crippen MR) is 70.5 cm³/mol. The molecule has 0 spiro atoms. The molecule has 0 saturated carbocycles. The first-order chi connectivity index (χ1) is 6.83. The molecular formula is C11H23NS2. The van der Waals surface area contributed by atoms with Crippen LogP contribution in [0, 0.1) is 0 Å². The molecule has 14 heavy (non-hydrogen) atoms. The van der Waals surface area contributed by atoms with Crippen molar-refractivity contribution in [2.45, 2.75) is 49.7 Å². The van der Waals surface area contributed by atoms with Crippen LogP contribution in [0.2, 0.25) is 0 Å². The summed E-state index contributed by atoms with van der Waals surface area (Å²) in [6.45, 7) is 4.61. The Morgan fingerprint density at radius 1 is 1.29 bits per heavy atom. The maximum atomic E-state index is 3.50. The summed E-state index contributed by atoms with van der Waals surface area (Å²) in [5.74, 6) is 2.69. The van der Waals surface area contributed by atoms with Crippen molar-refractivity contribution in [1.82, 2.24) is 5.32 Å². The van der Waals surface area contributed by atoms with Gasteiger partial charge in [-0.25, -0.2) is 0 Å². The fourth-order valence-corrected chi connectivity index (χ4v) is 5.44. The standard InChI is InChI=1S/C11H23NS2/c1-4-6-9(12-3)11-10(5-2)13-7-8-14-11/h9-12H,4-8H2,1-3H3. The van der Waals surface area contributed by atoms with E-state index in [9.17, 15) is 0 Å². The van der Waals surface area contributed by atoms with Crippen molar-refractivity contribution in [1.29, 1.82) is 0 Å². The van der Waals surface area contributed by atoms with Crippen molar-refractivity contribution in [3.8, 4) is 0 Å². The van der Waals surface area contributed by atoms with E-state index >= 15 is 0 Å². The third-order valence-electron chi connectivity index (χ3n) is 2.86. The predicted octanol–water partition coefficient (Wildman–Crippen LogP) is 3.00. The first-order valence-corrected chi connectivity index (χ1v) is 7.83. The van der Waals surface area contributed by atoms with Crippen LogP contribution in [-0.2, 0) is 0 Å². The van der Waals surface area contributed by atoms with Gasteiger partial charge in [-0.1, -0.05) is 20.3 Å². The lowest BCUT2D eigenvalue weighted by atomic mass is 10.0. The molecule has 0 aromatic carbocycles. The van der Waals surface area contributed by atoms with Crippen LogP contribution in [0.25, 0.3) is 0 Å². The van der Waals surface area contributed by atoms with E-state index in [-0.39, 0.29) is 0 Å². The third kappa shape index (κ3) is 3.35. The highest BCUT2D eigenvalue weighted by Crippen LogP contribution is 2.36. The van der Waals surface area contributed by atoms with Crippen molar-refractivity contribution in [3.05, 3.63) is 0 Å². The Hall–Kier alpha value is 0.660. The van der Waals surface area contributed by atoms with E-state index < -0.39 is 0 Å². The molecule has 1 heterocycles. The second-order valence-electron chi connectivity index (χ2n) is 3.84. The van der Waals surface area contributed by atoms with Crippen molar-refractivity contribution >= 4 is 23.5 Å². The van der Waals surface area contributed by atoms with Crippen LogP contribution in [0.5, 0.6) is 0 Å². The molecule has 1 saturated heterocycles. The minimum Gasteiger partial charge on any atom is -0.316 e. The molecule has 1 aliphatic heterocycles. The number of rotatable bonds is 5. The van der Waals surface area contributed by atoms with Crippen LogP contribution < -0.4 is 5.32 Å². The lowest BCUT2D eigenvalue weighted by Crippen LogP contribution is -2.43. The molecule has 3 unspecified atom stereocenters. The summed E-state index contributed by atoms with van der Waals surface area (Å²) in [5, 5.41) is 5.21. The van der Waals surface area contributed by atoms with E-state index in [4.69, 9.17) is 0 Å². The maximum absolute atomic E-state index is 3.50. The smallest absolute Gasteiger partial charge is 0.0320 e. The lowest BCUT2D eigenvalue weighted by molar-refractivity contribution is 0.483. The number of hydrogen-bond acceptors (Lipinski definition) is 3. The summed E-state index contributed by atoms with van der Waals surface area (Å²) < 4.78 is 0. The molecule has 0 radical (unpaired) electrons. The van der Waals surface area contributed by atoms with Crippen molar-refractivity contribution < 1.29 is 0 Å². The molecule has 1 fully saturated rings. The van der Waals surface area contributed by atoms with Gasteiger partial charge in [0.1, 0.15) is 0 Å². The zero-order valence-electron chi connectivity index (χ0n) is 9.58. The van der Waals surface area contributed by atoms with Gasteiger partial charge in [0.25, 0.3) is 0 Å². The van der Waals surface area contributed by atoms with Gasteiger partial charge in [0.15, 0.2) is 0 Å². The Balaban J connectivity index is 2.51. The van der Waals surface area contributed by atoms with Crippen LogP contribution in [0.15, 0.2) is 0 Å². The molecular weight excluding hydrogens is 210 g/mol. The number of thioether (sulfide) groups is 2. The van der Waals surface area contributed by atoms with Gasteiger partial charge in [-0.15, -0.1) is 0 Å². The van der Waals surface area contributed by atoms with Gasteiger partial charge in [-0.3, -0.25) is 0 Å². The second-order valence-corrected chi connectivity index (χ2v) is 6.47. The van der Waals surface area contributed by atoms with Gasteiger partial charge < -0.3 is 5.32 Å². The molecule has 1 N–H and O–H groups in total. The van der Waals surface area contributed by atoms with E-state index in [0.717, 1.165) is 16.5 Å². The molecule has 1 rings (SSSR count). The molecule has 0 bridgehead atoms. The molecule has 3 heteroatoms. The van der Waals surface area contributed by atoms with Crippen molar-refractivity contribution in [2.75, 3.05) is 18.6 Å². The topological polar surface area (TPSA) is 12.0 Å². The highest BCUT2D eigenvalue weighted by Gasteiger charge is 2.30. The Kier molecular flexibility index (Phi) is 6.38. The van der Waals surface area contributed by atoms with Crippen LogP contribution >= 0.6 is 23.5 Å². The molecule has 0 aromatic rings. The monoisotopic (exact) mass is 233 g/mol. The Morgan fingerprint density at radius 3 is 2.57 bits per heavy atom. The van der Waals surface area contributed by atoms with E-state index in [1.54, 1.807) is 0 Å². The van der Waals surface area contributed by atoms with Crippen LogP contribution in [-0.4, -0.2) is 35.1 Å². The van der Waals surface area contributed by atoms with Gasteiger partial charge in [0, 0.05) is 28.0 Å². The minimum atomic E-state index is 0.725. The van der Waals surface area contributed by atoms with Gasteiger partial charge >= 0.3 is 0 Å². The van der Waals surface area contributed by atoms with E-state index in [0.29, 0.717) is 0 Å². The molecule has 0 aromatic heterocycles. The van der Waals surface area contributed by atoms with E-state index in [1.165, 1.54) is 30.8 Å². The molecule has 1 aliphatic rings. The van der Waals surface area contributed by atoms with Gasteiger partial charge in [0.2, 0.25) is 0 Å². The molecule has 0 aliphatic carbocycles. The molecule has 0 amide bonds. The highest BCUT2D eigenvalue weighted by molar-refractivity contribution is 8.07. The first-order valence-electron chi connectivity index (χ1n) is 5.73. The van der Waals surface area contributed by atoms with Crippen molar-refractivity contribution in [2.24, 2.45) is 0 Å². The SMILES string of the molecule is CCCC(NC)C1SCCSC1CC. The fourth-order valence-electron chi connectivity index (χ4n) is 2.10. The molecule has 84 valence electrons. The number of nitrogens with one attached hydrogen (secondary N) is 1. The van der Waals surface area contributed by atoms with E-state index in [2.05, 4.69) is 49.7 Å². The summed E-state index contributed by atoms with van der Waals surface area (Å²) in [5.41, 5.74) is 0. The quantitative estimate of drug-likeness (QED) is 0.784. The second kappa shape index (κ2) is 7.02. The zero-order chi connectivity index (χ0) is 10.4. The highest BCUT2D eigenvalue weighted by atomic mass is 32.2. The van der Waals surface area contributed by atoms with Crippen LogP contribution in [0.4, 0.5) is 0 Å². The third-order valence-corrected chi connectivity index (χ3v) is 6.27. The zero-order valence-corrected chi connectivity index (χ0v) is 11.2. The summed E-state index contributed by atoms with van der Waals surface area (Å²) in [6, 6.07) is 0.725. The van der Waals surface area contributed by atoms with Crippen LogP contribution in [0.1, 0.15) is 33.1 Å². The minimum absolute atomic E-state index is 0.725. The van der Waals surface area contributed by atoms with Crippen molar-refractivity contribution in [3.63, 3.8) is 0 Å². The van der Waals surface area contributed by atoms with E-state index in [1.807, 2.05) is 0 Å². The molecule has 3 atom stereocenters. The molecule has 1 nitrogen and oxygen atoms in total. The summed E-state index contributed by atoms with van der Waals surface area (Å²) in [6.07, 6.45) is 3.94. The fraction of sp³-hybridized carbons (Fsp3) is 1.00.